The highest BCUT2D eigenvalue weighted by Crippen LogP contribution is 2.35. The van der Waals surface area contributed by atoms with E-state index in [-0.39, 0.29) is 12.5 Å². The molecular formula is C17H18N4O3S. The number of aromatic nitrogens is 3. The number of ether oxygens (including phenoxy) is 2. The molecule has 0 radical (unpaired) electrons. The number of hydrogen-bond acceptors (Lipinski definition) is 7. The molecule has 7 nitrogen and oxygen atoms in total. The van der Waals surface area contributed by atoms with Crippen LogP contribution in [0.2, 0.25) is 0 Å². The molecule has 0 aliphatic carbocycles. The largest absolute Gasteiger partial charge is 0.480 e. The van der Waals surface area contributed by atoms with Gasteiger partial charge in [0.25, 0.3) is 5.91 Å². The summed E-state index contributed by atoms with van der Waals surface area (Å²) in [4.78, 5) is 26.9. The van der Waals surface area contributed by atoms with Crippen LogP contribution in [0.4, 0.5) is 5.82 Å². The first-order valence-electron chi connectivity index (χ1n) is 7.60. The van der Waals surface area contributed by atoms with Crippen molar-refractivity contribution >= 4 is 33.3 Å². The molecule has 8 heteroatoms. The highest BCUT2D eigenvalue weighted by molar-refractivity contribution is 7.20. The number of pyridine rings is 1. The average Bonchev–Trinajstić information content (AvgIpc) is 2.93. The van der Waals surface area contributed by atoms with Gasteiger partial charge in [-0.1, -0.05) is 6.07 Å². The van der Waals surface area contributed by atoms with Crippen LogP contribution in [0.5, 0.6) is 5.88 Å². The Morgan fingerprint density at radius 1 is 1.24 bits per heavy atom. The normalized spacial score (nSPS) is 10.9. The molecule has 0 aliphatic heterocycles. The summed E-state index contributed by atoms with van der Waals surface area (Å²) < 4.78 is 10.5. The molecule has 3 aromatic heterocycles. The van der Waals surface area contributed by atoms with Gasteiger partial charge >= 0.3 is 0 Å². The van der Waals surface area contributed by atoms with Crippen molar-refractivity contribution in [2.75, 3.05) is 19.5 Å². The topological polar surface area (TPSA) is 86.2 Å². The van der Waals surface area contributed by atoms with Crippen LogP contribution in [-0.4, -0.2) is 35.1 Å². The Morgan fingerprint density at radius 2 is 2.04 bits per heavy atom. The number of amides is 1. The van der Waals surface area contributed by atoms with Crippen LogP contribution in [0.15, 0.2) is 18.3 Å². The summed E-state index contributed by atoms with van der Waals surface area (Å²) in [5.74, 6) is 1.23. The monoisotopic (exact) mass is 358 g/mol. The average molecular weight is 358 g/mol. The van der Waals surface area contributed by atoms with Crippen molar-refractivity contribution in [3.63, 3.8) is 0 Å². The number of aryl methyl sites for hydroxylation is 2. The fourth-order valence-corrected chi connectivity index (χ4v) is 3.50. The summed E-state index contributed by atoms with van der Waals surface area (Å²) in [6, 6.07) is 3.67. The lowest BCUT2D eigenvalue weighted by Crippen LogP contribution is -2.12. The molecule has 1 amide bonds. The lowest BCUT2D eigenvalue weighted by atomic mass is 10.2. The predicted octanol–water partition coefficient (Wildman–Crippen LogP) is 3.11. The Morgan fingerprint density at radius 3 is 2.68 bits per heavy atom. The van der Waals surface area contributed by atoms with Crippen LogP contribution < -0.4 is 10.1 Å². The fourth-order valence-electron chi connectivity index (χ4n) is 2.42. The van der Waals surface area contributed by atoms with E-state index in [1.807, 2.05) is 19.9 Å². The molecular weight excluding hydrogens is 340 g/mol. The molecule has 0 saturated heterocycles. The molecule has 0 unspecified atom stereocenters. The van der Waals surface area contributed by atoms with Crippen molar-refractivity contribution in [2.45, 2.75) is 20.5 Å². The van der Waals surface area contributed by atoms with Gasteiger partial charge in [-0.2, -0.15) is 4.98 Å². The number of carbonyl (C=O) groups excluding carboxylic acids is 1. The molecule has 25 heavy (non-hydrogen) atoms. The van der Waals surface area contributed by atoms with Gasteiger partial charge in [0.2, 0.25) is 5.88 Å². The molecule has 0 aliphatic rings. The number of nitrogens with zero attached hydrogens (tertiary/aromatic N) is 3. The highest BCUT2D eigenvalue weighted by atomic mass is 32.1. The predicted molar refractivity (Wildman–Crippen MR) is 96.3 cm³/mol. The van der Waals surface area contributed by atoms with Crippen LogP contribution in [0.25, 0.3) is 10.2 Å². The molecule has 1 N–H and O–H groups in total. The maximum Gasteiger partial charge on any atom is 0.267 e. The molecule has 3 rings (SSSR count). The molecule has 0 bridgehead atoms. The van der Waals surface area contributed by atoms with Crippen molar-refractivity contribution in [1.82, 2.24) is 15.0 Å². The number of thiophene rings is 1. The summed E-state index contributed by atoms with van der Waals surface area (Å²) >= 11 is 1.30. The van der Waals surface area contributed by atoms with Gasteiger partial charge in [0.05, 0.1) is 17.4 Å². The van der Waals surface area contributed by atoms with Crippen LogP contribution in [0, 0.1) is 13.8 Å². The number of rotatable bonds is 5. The minimum Gasteiger partial charge on any atom is -0.480 e. The summed E-state index contributed by atoms with van der Waals surface area (Å²) in [6.07, 6.45) is 1.71. The van der Waals surface area contributed by atoms with Gasteiger partial charge in [-0.3, -0.25) is 4.79 Å². The lowest BCUT2D eigenvalue weighted by molar-refractivity contribution is 0.102. The zero-order valence-corrected chi connectivity index (χ0v) is 15.2. The molecule has 0 atom stereocenters. The number of anilines is 1. The quantitative estimate of drug-likeness (QED) is 0.754. The van der Waals surface area contributed by atoms with Gasteiger partial charge in [-0.05, 0) is 31.0 Å². The van der Waals surface area contributed by atoms with E-state index < -0.39 is 0 Å². The zero-order chi connectivity index (χ0) is 18.0. The summed E-state index contributed by atoms with van der Waals surface area (Å²) in [5.41, 5.74) is 1.81. The van der Waals surface area contributed by atoms with Gasteiger partial charge < -0.3 is 14.8 Å². The number of carbonyl (C=O) groups is 1. The van der Waals surface area contributed by atoms with Crippen LogP contribution in [0.3, 0.4) is 0 Å². The Hall–Kier alpha value is -2.58. The molecule has 0 aromatic carbocycles. The molecule has 0 fully saturated rings. The Labute approximate surface area is 149 Å². The molecule has 3 heterocycles. The van der Waals surface area contributed by atoms with Gasteiger partial charge in [0.15, 0.2) is 5.82 Å². The smallest absolute Gasteiger partial charge is 0.267 e. The molecule has 130 valence electrons. The van der Waals surface area contributed by atoms with Crippen molar-refractivity contribution in [1.29, 1.82) is 0 Å². The first-order chi connectivity index (χ1) is 12.0. The number of hydrogen-bond donors (Lipinski definition) is 1. The maximum absolute atomic E-state index is 12.6. The first kappa shape index (κ1) is 17.2. The van der Waals surface area contributed by atoms with Gasteiger partial charge in [0.1, 0.15) is 17.3 Å². The third-order valence-corrected chi connectivity index (χ3v) is 4.81. The van der Waals surface area contributed by atoms with Gasteiger partial charge in [-0.25, -0.2) is 9.97 Å². The third-order valence-electron chi connectivity index (χ3n) is 3.63. The van der Waals surface area contributed by atoms with E-state index in [0.717, 1.165) is 16.5 Å². The molecule has 0 saturated carbocycles. The SMILES string of the molecule is COCc1nc(OC)c2c(C)c(C(=O)Nc3ccc(C)cn3)sc2n1. The van der Waals surface area contributed by atoms with E-state index in [4.69, 9.17) is 9.47 Å². The summed E-state index contributed by atoms with van der Waals surface area (Å²) in [7, 11) is 3.12. The van der Waals surface area contributed by atoms with Crippen LogP contribution in [-0.2, 0) is 11.3 Å². The van der Waals surface area contributed by atoms with Gasteiger partial charge in [-0.15, -0.1) is 11.3 Å². The van der Waals surface area contributed by atoms with Crippen molar-refractivity contribution < 1.29 is 14.3 Å². The van der Waals surface area contributed by atoms with Crippen LogP contribution in [0.1, 0.15) is 26.6 Å². The highest BCUT2D eigenvalue weighted by Gasteiger charge is 2.21. The minimum absolute atomic E-state index is 0.229. The number of methoxy groups -OCH3 is 2. The summed E-state index contributed by atoms with van der Waals surface area (Å²) in [5, 5.41) is 3.56. The van der Waals surface area contributed by atoms with Crippen LogP contribution >= 0.6 is 11.3 Å². The second-order valence-electron chi connectivity index (χ2n) is 5.49. The summed E-state index contributed by atoms with van der Waals surface area (Å²) in [6.45, 7) is 4.08. The molecule has 3 aromatic rings. The van der Waals surface area contributed by atoms with Crippen molar-refractivity contribution in [2.24, 2.45) is 0 Å². The van der Waals surface area contributed by atoms with E-state index in [9.17, 15) is 4.79 Å². The van der Waals surface area contributed by atoms with Gasteiger partial charge in [0, 0.05) is 13.3 Å². The van der Waals surface area contributed by atoms with Crippen molar-refractivity contribution in [3.05, 3.63) is 40.2 Å². The Kier molecular flexibility index (Phi) is 4.91. The third kappa shape index (κ3) is 3.45. The van der Waals surface area contributed by atoms with E-state index in [2.05, 4.69) is 20.3 Å². The number of fused-ring (bicyclic) bond motifs is 1. The number of nitrogens with one attached hydrogen (secondary N) is 1. The van der Waals surface area contributed by atoms with E-state index in [1.54, 1.807) is 26.5 Å². The lowest BCUT2D eigenvalue weighted by Gasteiger charge is -2.05. The minimum atomic E-state index is -0.229. The maximum atomic E-state index is 12.6. The second-order valence-corrected chi connectivity index (χ2v) is 6.49. The first-order valence-corrected chi connectivity index (χ1v) is 8.42. The van der Waals surface area contributed by atoms with E-state index in [1.165, 1.54) is 11.3 Å². The van der Waals surface area contributed by atoms with E-state index >= 15 is 0 Å². The second kappa shape index (κ2) is 7.12. The zero-order valence-electron chi connectivity index (χ0n) is 14.4. The van der Waals surface area contributed by atoms with Crippen molar-refractivity contribution in [3.8, 4) is 5.88 Å². The Bertz CT molecular complexity index is 922. The Balaban J connectivity index is 1.99. The standard InChI is InChI=1S/C17H18N4O3S/c1-9-5-6-11(18-7-9)19-15(22)14-10(2)13-16(24-4)20-12(8-23-3)21-17(13)25-14/h5-7H,8H2,1-4H3,(H,18,19,22). The fraction of sp³-hybridized carbons (Fsp3) is 0.294. The van der Waals surface area contributed by atoms with E-state index in [0.29, 0.717) is 27.2 Å². The molecule has 0 spiro atoms.